The van der Waals surface area contributed by atoms with Gasteiger partial charge in [-0.3, -0.25) is 9.59 Å². The zero-order valence-electron chi connectivity index (χ0n) is 11.7. The van der Waals surface area contributed by atoms with Crippen LogP contribution in [0.25, 0.3) is 0 Å². The summed E-state index contributed by atoms with van der Waals surface area (Å²) in [7, 11) is 0. The van der Waals surface area contributed by atoms with Gasteiger partial charge in [-0.2, -0.15) is 0 Å². The van der Waals surface area contributed by atoms with E-state index in [9.17, 15) is 9.59 Å². The smallest absolute Gasteiger partial charge is 0.252 e. The molecule has 104 valence electrons. The number of Topliss-reactive ketones (excluding diaryl/α,β-unsaturated/α-hetero) is 1. The maximum atomic E-state index is 11.3. The first kappa shape index (κ1) is 17.0. The van der Waals surface area contributed by atoms with Crippen molar-refractivity contribution in [3.63, 3.8) is 0 Å². The summed E-state index contributed by atoms with van der Waals surface area (Å²) in [6.45, 7) is 5.34. The van der Waals surface area contributed by atoms with Crippen LogP contribution in [0.3, 0.4) is 0 Å². The molecular weight excluding hydrogens is 226 g/mol. The minimum Gasteiger partial charge on any atom is -0.299 e. The molecule has 0 aromatic heterocycles. The molecule has 0 N–H and O–H groups in total. The van der Waals surface area contributed by atoms with Crippen LogP contribution < -0.4 is 0 Å². The average Bonchev–Trinajstić information content (AvgIpc) is 2.36. The van der Waals surface area contributed by atoms with E-state index in [1.165, 1.54) is 44.9 Å². The van der Waals surface area contributed by atoms with Crippen LogP contribution in [-0.2, 0) is 9.59 Å². The second kappa shape index (κ2) is 12.5. The lowest BCUT2D eigenvalue weighted by Crippen LogP contribution is -2.04. The summed E-state index contributed by atoms with van der Waals surface area (Å²) < 4.78 is 0. The number of carbonyl (C=O) groups is 2. The van der Waals surface area contributed by atoms with Crippen LogP contribution in [0.2, 0.25) is 0 Å². The highest BCUT2D eigenvalue weighted by Gasteiger charge is 2.06. The number of rotatable bonds is 12. The van der Waals surface area contributed by atoms with E-state index in [0.29, 0.717) is 6.42 Å². The summed E-state index contributed by atoms with van der Waals surface area (Å²) in [5, 5.41) is 0. The molecule has 0 rings (SSSR count). The lowest BCUT2D eigenvalue weighted by atomic mass is 10.0. The molecule has 18 heavy (non-hydrogen) atoms. The molecule has 0 aliphatic carbocycles. The van der Waals surface area contributed by atoms with Crippen LogP contribution in [0.1, 0.15) is 77.6 Å². The van der Waals surface area contributed by atoms with Crippen molar-refractivity contribution in [3.05, 3.63) is 0 Å². The Labute approximate surface area is 111 Å². The Bertz CT molecular complexity index is 249. The lowest BCUT2D eigenvalue weighted by molar-refractivity contribution is -0.126. The summed E-state index contributed by atoms with van der Waals surface area (Å²) >= 11 is 0. The number of carbonyl (C=O) groups excluding carboxylic acids is 2. The van der Waals surface area contributed by atoms with Crippen molar-refractivity contribution in [3.8, 4) is 0 Å². The predicted octanol–water partition coefficient (Wildman–Crippen LogP) is 4.09. The van der Waals surface area contributed by atoms with Gasteiger partial charge in [0.25, 0.3) is 5.91 Å². The van der Waals surface area contributed by atoms with Crippen molar-refractivity contribution in [2.24, 2.45) is 4.99 Å². The van der Waals surface area contributed by atoms with E-state index in [2.05, 4.69) is 18.6 Å². The number of aliphatic imine (C=N–C) groups is 1. The summed E-state index contributed by atoms with van der Waals surface area (Å²) in [5.41, 5.74) is 0. The van der Waals surface area contributed by atoms with Gasteiger partial charge in [-0.15, -0.1) is 0 Å². The van der Waals surface area contributed by atoms with Gasteiger partial charge in [-0.25, -0.2) is 4.99 Å². The SMILES string of the molecule is C=NC(=O)CC(=O)CCCCCCCCCCC. The predicted molar refractivity (Wildman–Crippen MR) is 76.0 cm³/mol. The molecule has 0 spiro atoms. The van der Waals surface area contributed by atoms with E-state index in [0.717, 1.165) is 12.8 Å². The summed E-state index contributed by atoms with van der Waals surface area (Å²) in [4.78, 5) is 25.4. The fourth-order valence-electron chi connectivity index (χ4n) is 1.95. The van der Waals surface area contributed by atoms with E-state index in [4.69, 9.17) is 0 Å². The molecular formula is C15H27NO2. The fraction of sp³-hybridized carbons (Fsp3) is 0.800. The van der Waals surface area contributed by atoms with Crippen LogP contribution >= 0.6 is 0 Å². The van der Waals surface area contributed by atoms with Gasteiger partial charge in [0.05, 0.1) is 6.42 Å². The van der Waals surface area contributed by atoms with E-state index >= 15 is 0 Å². The average molecular weight is 253 g/mol. The van der Waals surface area contributed by atoms with Crippen molar-refractivity contribution in [2.45, 2.75) is 77.6 Å². The Morgan fingerprint density at radius 2 is 1.39 bits per heavy atom. The van der Waals surface area contributed by atoms with E-state index in [1.807, 2.05) is 0 Å². The molecule has 0 fully saturated rings. The fourth-order valence-corrected chi connectivity index (χ4v) is 1.95. The first-order chi connectivity index (χ1) is 8.70. The molecule has 0 aromatic carbocycles. The number of nitrogens with zero attached hydrogens (tertiary/aromatic N) is 1. The Balaban J connectivity index is 3.22. The van der Waals surface area contributed by atoms with E-state index < -0.39 is 5.91 Å². The number of ketones is 1. The normalized spacial score (nSPS) is 10.3. The second-order valence-corrected chi connectivity index (χ2v) is 4.85. The molecule has 1 amide bonds. The Kier molecular flexibility index (Phi) is 11.8. The van der Waals surface area contributed by atoms with Crippen LogP contribution in [0.15, 0.2) is 4.99 Å². The van der Waals surface area contributed by atoms with Crippen molar-refractivity contribution in [1.29, 1.82) is 0 Å². The second-order valence-electron chi connectivity index (χ2n) is 4.85. The third-order valence-corrected chi connectivity index (χ3v) is 3.08. The highest BCUT2D eigenvalue weighted by molar-refractivity contribution is 5.99. The number of amides is 1. The molecule has 3 nitrogen and oxygen atoms in total. The third kappa shape index (κ3) is 11.5. The quantitative estimate of drug-likeness (QED) is 0.299. The zero-order valence-corrected chi connectivity index (χ0v) is 11.7. The van der Waals surface area contributed by atoms with Crippen molar-refractivity contribution in [2.75, 3.05) is 0 Å². The number of unbranched alkanes of at least 4 members (excludes halogenated alkanes) is 8. The molecule has 0 saturated heterocycles. The molecule has 0 unspecified atom stereocenters. The summed E-state index contributed by atoms with van der Waals surface area (Å²) in [5.74, 6) is -0.411. The van der Waals surface area contributed by atoms with Crippen LogP contribution in [0.4, 0.5) is 0 Å². The summed E-state index contributed by atoms with van der Waals surface area (Å²) in [6, 6.07) is 0. The zero-order chi connectivity index (χ0) is 13.6. The van der Waals surface area contributed by atoms with Gasteiger partial charge >= 0.3 is 0 Å². The molecule has 0 saturated carbocycles. The number of hydrogen-bond donors (Lipinski definition) is 0. The van der Waals surface area contributed by atoms with Crippen molar-refractivity contribution >= 4 is 18.4 Å². The largest absolute Gasteiger partial charge is 0.299 e. The summed E-state index contributed by atoms with van der Waals surface area (Å²) in [6.07, 6.45) is 11.5. The van der Waals surface area contributed by atoms with Crippen molar-refractivity contribution in [1.82, 2.24) is 0 Å². The van der Waals surface area contributed by atoms with Gasteiger partial charge in [0.15, 0.2) is 0 Å². The van der Waals surface area contributed by atoms with Crippen LogP contribution in [0, 0.1) is 0 Å². The van der Waals surface area contributed by atoms with Gasteiger partial charge in [-0.05, 0) is 13.1 Å². The van der Waals surface area contributed by atoms with E-state index in [1.54, 1.807) is 0 Å². The van der Waals surface area contributed by atoms with Gasteiger partial charge in [0.1, 0.15) is 5.78 Å². The lowest BCUT2D eigenvalue weighted by Gasteiger charge is -2.01. The Hall–Kier alpha value is -0.990. The Morgan fingerprint density at radius 1 is 0.889 bits per heavy atom. The number of hydrogen-bond acceptors (Lipinski definition) is 2. The monoisotopic (exact) mass is 253 g/mol. The van der Waals surface area contributed by atoms with Gasteiger partial charge < -0.3 is 0 Å². The van der Waals surface area contributed by atoms with Gasteiger partial charge in [0.2, 0.25) is 0 Å². The van der Waals surface area contributed by atoms with Crippen LogP contribution in [-0.4, -0.2) is 18.4 Å². The standard InChI is InChI=1S/C15H27NO2/c1-3-4-5-6-7-8-9-10-11-12-14(17)13-15(18)16-2/h2-13H2,1H3. The molecule has 0 atom stereocenters. The molecule has 0 aliphatic heterocycles. The molecule has 0 aromatic rings. The topological polar surface area (TPSA) is 46.5 Å². The van der Waals surface area contributed by atoms with Gasteiger partial charge in [-0.1, -0.05) is 58.3 Å². The highest BCUT2D eigenvalue weighted by atomic mass is 16.2. The molecule has 0 radical (unpaired) electrons. The molecule has 3 heteroatoms. The molecule has 0 aliphatic rings. The Morgan fingerprint density at radius 3 is 1.89 bits per heavy atom. The van der Waals surface area contributed by atoms with Crippen LogP contribution in [0.5, 0.6) is 0 Å². The maximum Gasteiger partial charge on any atom is 0.252 e. The maximum absolute atomic E-state index is 11.3. The first-order valence-electron chi connectivity index (χ1n) is 7.22. The van der Waals surface area contributed by atoms with Gasteiger partial charge in [0, 0.05) is 6.42 Å². The molecule has 0 heterocycles. The van der Waals surface area contributed by atoms with E-state index in [-0.39, 0.29) is 12.2 Å². The minimum absolute atomic E-state index is 0.00431. The minimum atomic E-state index is -0.407. The molecule has 0 bridgehead atoms. The first-order valence-corrected chi connectivity index (χ1v) is 7.22. The highest BCUT2D eigenvalue weighted by Crippen LogP contribution is 2.11. The van der Waals surface area contributed by atoms with Crippen molar-refractivity contribution < 1.29 is 9.59 Å². The third-order valence-electron chi connectivity index (χ3n) is 3.08.